The van der Waals surface area contributed by atoms with E-state index in [-0.39, 0.29) is 10.7 Å². The average molecular weight is 429 g/mol. The number of Topliss-reactive ketones (excluding diaryl/α,β-unsaturated/α-hetero) is 1. The van der Waals surface area contributed by atoms with Crippen LogP contribution in [0.4, 0.5) is 0 Å². The SMILES string of the molecule is O=C(c1ccccc1)C(Br)C(c1ccccc1)S(=O)(=O)c1ccccc1. The third-order valence-electron chi connectivity index (χ3n) is 4.11. The molecule has 132 valence electrons. The van der Waals surface area contributed by atoms with Gasteiger partial charge in [-0.15, -0.1) is 0 Å². The number of hydrogen-bond acceptors (Lipinski definition) is 3. The van der Waals surface area contributed by atoms with Crippen LogP contribution in [0.15, 0.2) is 95.9 Å². The lowest BCUT2D eigenvalue weighted by Crippen LogP contribution is -2.29. The summed E-state index contributed by atoms with van der Waals surface area (Å²) in [5, 5.41) is -1.03. The lowest BCUT2D eigenvalue weighted by Gasteiger charge is -2.23. The molecule has 3 nitrogen and oxygen atoms in total. The summed E-state index contributed by atoms with van der Waals surface area (Å²) < 4.78 is 26.7. The monoisotopic (exact) mass is 428 g/mol. The van der Waals surface area contributed by atoms with Gasteiger partial charge in [-0.1, -0.05) is 94.8 Å². The lowest BCUT2D eigenvalue weighted by atomic mass is 10.0. The minimum absolute atomic E-state index is 0.194. The van der Waals surface area contributed by atoms with Gasteiger partial charge < -0.3 is 0 Å². The predicted molar refractivity (Wildman–Crippen MR) is 106 cm³/mol. The molecule has 0 aliphatic rings. The van der Waals surface area contributed by atoms with Gasteiger partial charge in [0.05, 0.1) is 9.72 Å². The molecule has 26 heavy (non-hydrogen) atoms. The van der Waals surface area contributed by atoms with Crippen molar-refractivity contribution in [1.82, 2.24) is 0 Å². The quantitative estimate of drug-likeness (QED) is 0.416. The molecule has 0 aliphatic carbocycles. The molecular formula is C21H17BrO3S. The van der Waals surface area contributed by atoms with Gasteiger partial charge in [-0.05, 0) is 17.7 Å². The van der Waals surface area contributed by atoms with Crippen LogP contribution in [0.2, 0.25) is 0 Å². The Morgan fingerprint density at radius 2 is 1.19 bits per heavy atom. The van der Waals surface area contributed by atoms with Crippen LogP contribution in [0.25, 0.3) is 0 Å². The van der Waals surface area contributed by atoms with Crippen LogP contribution in [-0.2, 0) is 9.84 Å². The van der Waals surface area contributed by atoms with Crippen LogP contribution in [0.3, 0.4) is 0 Å². The third-order valence-corrected chi connectivity index (χ3v) is 7.55. The maximum atomic E-state index is 13.3. The van der Waals surface area contributed by atoms with Gasteiger partial charge in [0.15, 0.2) is 15.6 Å². The van der Waals surface area contributed by atoms with Crippen LogP contribution in [0, 0.1) is 0 Å². The number of carbonyl (C=O) groups excluding carboxylic acids is 1. The van der Waals surface area contributed by atoms with E-state index in [1.807, 2.05) is 12.1 Å². The number of benzene rings is 3. The highest BCUT2D eigenvalue weighted by Gasteiger charge is 2.38. The first-order valence-electron chi connectivity index (χ1n) is 8.09. The smallest absolute Gasteiger partial charge is 0.186 e. The van der Waals surface area contributed by atoms with Crippen molar-refractivity contribution in [3.8, 4) is 0 Å². The van der Waals surface area contributed by atoms with E-state index < -0.39 is 19.9 Å². The summed E-state index contributed by atoms with van der Waals surface area (Å²) in [6.45, 7) is 0. The largest absolute Gasteiger partial charge is 0.293 e. The Balaban J connectivity index is 2.09. The Morgan fingerprint density at radius 3 is 1.73 bits per heavy atom. The van der Waals surface area contributed by atoms with Crippen molar-refractivity contribution in [3.63, 3.8) is 0 Å². The van der Waals surface area contributed by atoms with Crippen LogP contribution < -0.4 is 0 Å². The maximum absolute atomic E-state index is 13.3. The standard InChI is InChI=1S/C21H17BrO3S/c22-19(20(23)16-10-4-1-5-11-16)21(17-12-6-2-7-13-17)26(24,25)18-14-8-3-9-15-18/h1-15,19,21H. The number of hydrogen-bond donors (Lipinski definition) is 0. The molecule has 0 saturated heterocycles. The number of ketones is 1. The Kier molecular flexibility index (Phi) is 5.69. The van der Waals surface area contributed by atoms with Gasteiger partial charge in [0.1, 0.15) is 5.25 Å². The minimum Gasteiger partial charge on any atom is -0.293 e. The molecule has 5 heteroatoms. The summed E-state index contributed by atoms with van der Waals surface area (Å²) in [7, 11) is -3.77. The van der Waals surface area contributed by atoms with Crippen molar-refractivity contribution in [2.24, 2.45) is 0 Å². The highest BCUT2D eigenvalue weighted by atomic mass is 79.9. The molecule has 0 heterocycles. The van der Waals surface area contributed by atoms with Crippen molar-refractivity contribution in [2.75, 3.05) is 0 Å². The molecule has 0 amide bonds. The van der Waals surface area contributed by atoms with E-state index in [2.05, 4.69) is 15.9 Å². The first-order chi connectivity index (χ1) is 12.5. The van der Waals surface area contributed by atoms with Crippen LogP contribution >= 0.6 is 15.9 Å². The van der Waals surface area contributed by atoms with E-state index in [0.29, 0.717) is 11.1 Å². The second kappa shape index (κ2) is 7.98. The summed E-state index contributed by atoms with van der Waals surface area (Å²) in [4.78, 5) is 12.2. The van der Waals surface area contributed by atoms with E-state index >= 15 is 0 Å². The Morgan fingerprint density at radius 1 is 0.731 bits per heavy atom. The number of alkyl halides is 1. The maximum Gasteiger partial charge on any atom is 0.186 e. The molecule has 2 unspecified atom stereocenters. The molecule has 0 saturated carbocycles. The van der Waals surface area contributed by atoms with Crippen molar-refractivity contribution in [1.29, 1.82) is 0 Å². The fourth-order valence-corrected chi connectivity index (χ4v) is 6.01. The zero-order chi connectivity index (χ0) is 18.6. The first-order valence-corrected chi connectivity index (χ1v) is 10.6. The zero-order valence-corrected chi connectivity index (χ0v) is 16.2. The highest BCUT2D eigenvalue weighted by Crippen LogP contribution is 2.36. The van der Waals surface area contributed by atoms with Crippen LogP contribution in [-0.4, -0.2) is 19.0 Å². The number of carbonyl (C=O) groups is 1. The second-order valence-electron chi connectivity index (χ2n) is 5.82. The summed E-state index contributed by atoms with van der Waals surface area (Å²) >= 11 is 3.39. The Bertz CT molecular complexity index is 972. The van der Waals surface area contributed by atoms with Gasteiger partial charge in [-0.3, -0.25) is 4.79 Å². The van der Waals surface area contributed by atoms with Crippen molar-refractivity contribution in [2.45, 2.75) is 15.0 Å². The molecule has 0 spiro atoms. The number of sulfone groups is 1. The molecular weight excluding hydrogens is 412 g/mol. The predicted octanol–water partition coefficient (Wildman–Crippen LogP) is 4.85. The second-order valence-corrected chi connectivity index (χ2v) is 8.88. The Labute approximate surface area is 161 Å². The summed E-state index contributed by atoms with van der Waals surface area (Å²) in [6.07, 6.45) is 0. The molecule has 0 bridgehead atoms. The van der Waals surface area contributed by atoms with Crippen molar-refractivity contribution >= 4 is 31.6 Å². The molecule has 0 N–H and O–H groups in total. The topological polar surface area (TPSA) is 51.2 Å². The Hall–Kier alpha value is -2.24. The van der Waals surface area contributed by atoms with Crippen molar-refractivity contribution < 1.29 is 13.2 Å². The van der Waals surface area contributed by atoms with Crippen molar-refractivity contribution in [3.05, 3.63) is 102 Å². The van der Waals surface area contributed by atoms with E-state index in [0.717, 1.165) is 0 Å². The van der Waals surface area contributed by atoms with E-state index in [1.54, 1.807) is 78.9 Å². The summed E-state index contributed by atoms with van der Waals surface area (Å²) in [5.41, 5.74) is 1.04. The molecule has 3 aromatic carbocycles. The summed E-state index contributed by atoms with van der Waals surface area (Å²) in [6, 6.07) is 25.8. The van der Waals surface area contributed by atoms with Gasteiger partial charge >= 0.3 is 0 Å². The third kappa shape index (κ3) is 3.79. The van der Waals surface area contributed by atoms with Gasteiger partial charge in [-0.2, -0.15) is 0 Å². The van der Waals surface area contributed by atoms with Gasteiger partial charge in [-0.25, -0.2) is 8.42 Å². The van der Waals surface area contributed by atoms with Crippen LogP contribution in [0.5, 0.6) is 0 Å². The summed E-state index contributed by atoms with van der Waals surface area (Å²) in [5.74, 6) is -0.265. The van der Waals surface area contributed by atoms with Crippen LogP contribution in [0.1, 0.15) is 21.2 Å². The highest BCUT2D eigenvalue weighted by molar-refractivity contribution is 9.10. The fraction of sp³-hybridized carbons (Fsp3) is 0.0952. The molecule has 0 radical (unpaired) electrons. The van der Waals surface area contributed by atoms with Gasteiger partial charge in [0.2, 0.25) is 0 Å². The van der Waals surface area contributed by atoms with E-state index in [1.165, 1.54) is 0 Å². The fourth-order valence-electron chi connectivity index (χ4n) is 2.80. The average Bonchev–Trinajstić information content (AvgIpc) is 2.69. The van der Waals surface area contributed by atoms with Gasteiger partial charge in [0.25, 0.3) is 0 Å². The molecule has 0 aromatic heterocycles. The zero-order valence-electron chi connectivity index (χ0n) is 13.8. The number of halogens is 1. The minimum atomic E-state index is -3.77. The molecule has 3 rings (SSSR count). The first kappa shape index (κ1) is 18.5. The molecule has 0 fully saturated rings. The molecule has 0 aliphatic heterocycles. The van der Waals surface area contributed by atoms with Gasteiger partial charge in [0, 0.05) is 5.56 Å². The molecule has 2 atom stereocenters. The van der Waals surface area contributed by atoms with E-state index in [9.17, 15) is 13.2 Å². The number of rotatable bonds is 6. The lowest BCUT2D eigenvalue weighted by molar-refractivity contribution is 0.0989. The van der Waals surface area contributed by atoms with E-state index in [4.69, 9.17) is 0 Å². The molecule has 3 aromatic rings. The normalized spacial score (nSPS) is 13.7.